The fraction of sp³-hybridized carbons (Fsp3) is 0.483. The molecule has 206 valence electrons. The van der Waals surface area contributed by atoms with Gasteiger partial charge in [-0.3, -0.25) is 9.59 Å². The Morgan fingerprint density at radius 3 is 2.67 bits per heavy atom. The van der Waals surface area contributed by atoms with E-state index < -0.39 is 5.82 Å². The summed E-state index contributed by atoms with van der Waals surface area (Å²) in [6.45, 7) is 11.8. The Bertz CT molecular complexity index is 1370. The molecular weight excluding hydrogens is 521 g/mol. The molecule has 5 heterocycles. The summed E-state index contributed by atoms with van der Waals surface area (Å²) in [6, 6.07) is 6.00. The van der Waals surface area contributed by atoms with E-state index in [1.54, 1.807) is 28.0 Å². The Morgan fingerprint density at radius 2 is 1.97 bits per heavy atom. The van der Waals surface area contributed by atoms with E-state index in [0.717, 1.165) is 19.5 Å². The molecule has 1 aromatic heterocycles. The Hall–Kier alpha value is -3.17. The molecule has 10 heteroatoms. The summed E-state index contributed by atoms with van der Waals surface area (Å²) in [6.07, 6.45) is 2.24. The molecule has 4 aliphatic rings. The highest BCUT2D eigenvalue weighted by molar-refractivity contribution is 6.35. The number of fused-ring (bicyclic) bond motifs is 2. The van der Waals surface area contributed by atoms with Crippen molar-refractivity contribution in [1.29, 1.82) is 0 Å². The summed E-state index contributed by atoms with van der Waals surface area (Å²) in [7, 11) is 2.11. The Morgan fingerprint density at radius 1 is 1.23 bits per heavy atom. The molecule has 1 spiro atoms. The first-order valence-electron chi connectivity index (χ1n) is 13.4. The average Bonchev–Trinajstić information content (AvgIpc) is 3.07. The molecule has 0 radical (unpaired) electrons. The third-order valence-corrected chi connectivity index (χ3v) is 9.61. The lowest BCUT2D eigenvalue weighted by Crippen LogP contribution is -2.65. The summed E-state index contributed by atoms with van der Waals surface area (Å²) in [5.74, 6) is -0.167. The van der Waals surface area contributed by atoms with E-state index in [1.807, 2.05) is 0 Å². The lowest BCUT2D eigenvalue weighted by atomic mass is 9.66. The van der Waals surface area contributed by atoms with Crippen LogP contribution in [0.3, 0.4) is 0 Å². The summed E-state index contributed by atoms with van der Waals surface area (Å²) < 4.78 is 21.4. The van der Waals surface area contributed by atoms with Gasteiger partial charge >= 0.3 is 0 Å². The minimum absolute atomic E-state index is 0.0575. The molecule has 8 nitrogen and oxygen atoms in total. The second-order valence-electron chi connectivity index (χ2n) is 11.6. The quantitative estimate of drug-likeness (QED) is 0.540. The van der Waals surface area contributed by atoms with Gasteiger partial charge < -0.3 is 24.3 Å². The van der Waals surface area contributed by atoms with E-state index in [-0.39, 0.29) is 57.4 Å². The van der Waals surface area contributed by atoms with Crippen LogP contribution in [0, 0.1) is 11.2 Å². The summed E-state index contributed by atoms with van der Waals surface area (Å²) in [5, 5.41) is 0.112. The zero-order valence-corrected chi connectivity index (χ0v) is 23.3. The van der Waals surface area contributed by atoms with Crippen LogP contribution in [0.4, 0.5) is 10.2 Å². The van der Waals surface area contributed by atoms with Gasteiger partial charge in [0.15, 0.2) is 5.75 Å². The van der Waals surface area contributed by atoms with Crippen LogP contribution >= 0.6 is 11.6 Å². The van der Waals surface area contributed by atoms with Crippen molar-refractivity contribution in [3.63, 3.8) is 0 Å². The highest BCUT2D eigenvalue weighted by atomic mass is 35.5. The lowest BCUT2D eigenvalue weighted by molar-refractivity contribution is -0.128. The van der Waals surface area contributed by atoms with Gasteiger partial charge in [-0.25, -0.2) is 9.37 Å². The van der Waals surface area contributed by atoms with Crippen molar-refractivity contribution >= 4 is 29.2 Å². The number of carbonyl (C=O) groups is 2. The normalized spacial score (nSPS) is 23.6. The van der Waals surface area contributed by atoms with E-state index >= 15 is 4.39 Å². The van der Waals surface area contributed by atoms with Crippen molar-refractivity contribution in [2.45, 2.75) is 31.8 Å². The van der Waals surface area contributed by atoms with Gasteiger partial charge in [0.05, 0.1) is 11.7 Å². The Labute approximate surface area is 233 Å². The van der Waals surface area contributed by atoms with E-state index in [4.69, 9.17) is 21.3 Å². The second kappa shape index (κ2) is 9.20. The van der Waals surface area contributed by atoms with Gasteiger partial charge in [0, 0.05) is 55.8 Å². The SMILES string of the molecule is C=CC(=O)N1CCN2C(=O)c3c(N4CCC5(CN(C)C5)C4(C)C)nc(-c4ccccc4F)c(Cl)c3OC[C@H]2C1. The number of hydrogen-bond acceptors (Lipinski definition) is 6. The fourth-order valence-electron chi connectivity index (χ4n) is 6.90. The van der Waals surface area contributed by atoms with Gasteiger partial charge in [-0.1, -0.05) is 30.3 Å². The van der Waals surface area contributed by atoms with Gasteiger partial charge in [-0.15, -0.1) is 0 Å². The van der Waals surface area contributed by atoms with E-state index in [9.17, 15) is 9.59 Å². The smallest absolute Gasteiger partial charge is 0.261 e. The van der Waals surface area contributed by atoms with Crippen LogP contribution < -0.4 is 9.64 Å². The molecule has 0 aliphatic carbocycles. The Kier molecular flexibility index (Phi) is 6.15. The van der Waals surface area contributed by atoms with Gasteiger partial charge in [0.2, 0.25) is 5.91 Å². The molecule has 6 rings (SSSR count). The number of nitrogens with zero attached hydrogens (tertiary/aromatic N) is 5. The molecule has 39 heavy (non-hydrogen) atoms. The summed E-state index contributed by atoms with van der Waals surface area (Å²) >= 11 is 6.91. The molecule has 0 bridgehead atoms. The van der Waals surface area contributed by atoms with E-state index in [1.165, 1.54) is 12.1 Å². The minimum Gasteiger partial charge on any atom is -0.489 e. The number of carbonyl (C=O) groups excluding carboxylic acids is 2. The maximum Gasteiger partial charge on any atom is 0.261 e. The highest BCUT2D eigenvalue weighted by Gasteiger charge is 2.59. The first-order chi connectivity index (χ1) is 18.6. The number of hydrogen-bond donors (Lipinski definition) is 0. The van der Waals surface area contributed by atoms with Crippen LogP contribution in [0.15, 0.2) is 36.9 Å². The number of benzene rings is 1. The topological polar surface area (TPSA) is 69.2 Å². The molecule has 4 aliphatic heterocycles. The first kappa shape index (κ1) is 26.1. The van der Waals surface area contributed by atoms with Crippen LogP contribution in [-0.4, -0.2) is 96.0 Å². The van der Waals surface area contributed by atoms with E-state index in [2.05, 4.69) is 37.3 Å². The fourth-order valence-corrected chi connectivity index (χ4v) is 7.20. The van der Waals surface area contributed by atoms with Gasteiger partial charge in [0.1, 0.15) is 28.8 Å². The summed E-state index contributed by atoms with van der Waals surface area (Å²) in [4.78, 5) is 39.5. The van der Waals surface area contributed by atoms with E-state index in [0.29, 0.717) is 37.6 Å². The molecule has 3 saturated heterocycles. The minimum atomic E-state index is -0.452. The highest BCUT2D eigenvalue weighted by Crippen LogP contribution is 2.54. The number of anilines is 1. The molecule has 1 atom stereocenters. The van der Waals surface area contributed by atoms with Crippen molar-refractivity contribution < 1.29 is 18.7 Å². The number of piperazine rings is 1. The first-order valence-corrected chi connectivity index (χ1v) is 13.8. The predicted molar refractivity (Wildman–Crippen MR) is 148 cm³/mol. The van der Waals surface area contributed by atoms with Crippen molar-refractivity contribution in [2.75, 3.05) is 57.8 Å². The summed E-state index contributed by atoms with van der Waals surface area (Å²) in [5.41, 5.74) is 0.553. The van der Waals surface area contributed by atoms with Crippen LogP contribution in [0.1, 0.15) is 30.6 Å². The Balaban J connectivity index is 1.50. The van der Waals surface area contributed by atoms with Crippen LogP contribution in [0.5, 0.6) is 5.75 Å². The maximum absolute atomic E-state index is 15.0. The zero-order valence-electron chi connectivity index (χ0n) is 22.5. The second-order valence-corrected chi connectivity index (χ2v) is 12.0. The molecule has 2 aromatic rings. The van der Waals surface area contributed by atoms with Crippen LogP contribution in [0.25, 0.3) is 11.3 Å². The number of likely N-dealkylation sites (tertiary alicyclic amines) is 1. The van der Waals surface area contributed by atoms with Gasteiger partial charge in [0.25, 0.3) is 5.91 Å². The molecule has 0 N–H and O–H groups in total. The molecule has 0 unspecified atom stereocenters. The zero-order chi connectivity index (χ0) is 27.7. The monoisotopic (exact) mass is 553 g/mol. The van der Waals surface area contributed by atoms with Crippen molar-refractivity contribution in [3.8, 4) is 17.0 Å². The third-order valence-electron chi connectivity index (χ3n) is 9.26. The molecule has 2 amide bonds. The number of halogens is 2. The maximum atomic E-state index is 15.0. The predicted octanol–water partition coefficient (Wildman–Crippen LogP) is 3.69. The molecular formula is C29H33ClFN5O3. The number of ether oxygens (including phenoxy) is 1. The van der Waals surface area contributed by atoms with Gasteiger partial charge in [-0.2, -0.15) is 0 Å². The average molecular weight is 554 g/mol. The molecule has 1 aromatic carbocycles. The number of aromatic nitrogens is 1. The molecule has 0 saturated carbocycles. The van der Waals surface area contributed by atoms with Crippen LogP contribution in [-0.2, 0) is 4.79 Å². The lowest BCUT2D eigenvalue weighted by Gasteiger charge is -2.55. The van der Waals surface area contributed by atoms with Gasteiger partial charge in [-0.05, 0) is 45.5 Å². The van der Waals surface area contributed by atoms with Crippen molar-refractivity contribution in [1.82, 2.24) is 19.7 Å². The standard InChI is InChI=1S/C29H33ClFN5O3/c1-5-21(37)34-12-13-35-18(14-34)15-39-25-22(27(35)38)26(32-24(23(25)30)19-8-6-7-9-20(19)31)36-11-10-29(28(36,2)3)16-33(4)17-29/h5-9,18H,1,10-17H2,2-4H3/t18-/m1/s1. The van der Waals surface area contributed by atoms with Crippen molar-refractivity contribution in [2.24, 2.45) is 5.41 Å². The van der Waals surface area contributed by atoms with Crippen LogP contribution in [0.2, 0.25) is 5.02 Å². The number of rotatable bonds is 3. The molecule has 3 fully saturated rings. The largest absolute Gasteiger partial charge is 0.489 e. The number of amides is 2. The number of pyridine rings is 1. The third kappa shape index (κ3) is 3.84. The van der Waals surface area contributed by atoms with Crippen molar-refractivity contribution in [3.05, 3.63) is 53.3 Å².